The van der Waals surface area contributed by atoms with Gasteiger partial charge in [0.15, 0.2) is 0 Å². The number of aliphatic hydroxyl groups is 1. The van der Waals surface area contributed by atoms with Gasteiger partial charge >= 0.3 is 0 Å². The van der Waals surface area contributed by atoms with Crippen LogP contribution in [0.1, 0.15) is 124 Å². The molecular formula is C25H50O2. The van der Waals surface area contributed by atoms with Gasteiger partial charge in [-0.05, 0) is 42.9 Å². The van der Waals surface area contributed by atoms with Gasteiger partial charge in [-0.25, -0.2) is 0 Å². The van der Waals surface area contributed by atoms with Gasteiger partial charge in [-0.3, -0.25) is 0 Å². The molecule has 162 valence electrons. The molecule has 3 unspecified atom stereocenters. The van der Waals surface area contributed by atoms with E-state index < -0.39 is 0 Å². The topological polar surface area (TPSA) is 29.5 Å². The molecule has 2 nitrogen and oxygen atoms in total. The summed E-state index contributed by atoms with van der Waals surface area (Å²) in [6.07, 6.45) is 21.5. The van der Waals surface area contributed by atoms with Gasteiger partial charge in [-0.2, -0.15) is 0 Å². The van der Waals surface area contributed by atoms with Gasteiger partial charge in [0, 0.05) is 13.7 Å². The van der Waals surface area contributed by atoms with Crippen LogP contribution in [0.4, 0.5) is 0 Å². The highest BCUT2D eigenvalue weighted by Gasteiger charge is 2.40. The Bertz CT molecular complexity index is 339. The van der Waals surface area contributed by atoms with Crippen LogP contribution >= 0.6 is 0 Å². The molecule has 0 aromatic heterocycles. The maximum atomic E-state index is 10.2. The van der Waals surface area contributed by atoms with Crippen LogP contribution < -0.4 is 0 Å². The van der Waals surface area contributed by atoms with Crippen molar-refractivity contribution in [1.82, 2.24) is 0 Å². The van der Waals surface area contributed by atoms with Crippen molar-refractivity contribution in [1.29, 1.82) is 0 Å². The first-order valence-electron chi connectivity index (χ1n) is 12.2. The fourth-order valence-electron chi connectivity index (χ4n) is 5.16. The van der Waals surface area contributed by atoms with E-state index in [1.165, 1.54) is 96.3 Å². The van der Waals surface area contributed by atoms with Gasteiger partial charge in [-0.15, -0.1) is 0 Å². The fourth-order valence-corrected chi connectivity index (χ4v) is 5.16. The molecule has 0 saturated heterocycles. The molecule has 0 radical (unpaired) electrons. The number of methoxy groups -OCH3 is 1. The van der Waals surface area contributed by atoms with Gasteiger partial charge in [0.2, 0.25) is 0 Å². The maximum absolute atomic E-state index is 10.2. The molecule has 1 N–H and O–H groups in total. The van der Waals surface area contributed by atoms with E-state index in [0.29, 0.717) is 17.3 Å². The lowest BCUT2D eigenvalue weighted by Gasteiger charge is -2.45. The Hall–Kier alpha value is -0.0800. The zero-order valence-corrected chi connectivity index (χ0v) is 19.1. The molecule has 0 spiro atoms. The van der Waals surface area contributed by atoms with Crippen LogP contribution in [0.25, 0.3) is 0 Å². The summed E-state index contributed by atoms with van der Waals surface area (Å²) >= 11 is 0. The molecule has 0 heterocycles. The first-order chi connectivity index (χ1) is 13.0. The molecule has 2 heteroatoms. The normalized spacial score (nSPS) is 25.0. The number of hydrogen-bond acceptors (Lipinski definition) is 2. The van der Waals surface area contributed by atoms with Gasteiger partial charge in [0.1, 0.15) is 0 Å². The Morgan fingerprint density at radius 3 is 1.70 bits per heavy atom. The van der Waals surface area contributed by atoms with Gasteiger partial charge in [0.05, 0.1) is 6.10 Å². The summed E-state index contributed by atoms with van der Waals surface area (Å²) in [5.41, 5.74) is 0.419. The molecule has 0 bridgehead atoms. The van der Waals surface area contributed by atoms with E-state index in [1.807, 2.05) is 0 Å². The van der Waals surface area contributed by atoms with E-state index in [9.17, 15) is 5.11 Å². The molecule has 0 aromatic carbocycles. The molecule has 27 heavy (non-hydrogen) atoms. The average Bonchev–Trinajstić information content (AvgIpc) is 2.64. The van der Waals surface area contributed by atoms with Gasteiger partial charge in [0.25, 0.3) is 0 Å². The molecule has 0 aliphatic heterocycles. The van der Waals surface area contributed by atoms with Crippen LogP contribution in [0, 0.1) is 17.3 Å². The molecule has 1 aliphatic rings. The quantitative estimate of drug-likeness (QED) is 0.280. The highest BCUT2D eigenvalue weighted by Crippen LogP contribution is 2.46. The summed E-state index contributed by atoms with van der Waals surface area (Å²) in [6, 6.07) is 0. The van der Waals surface area contributed by atoms with Crippen molar-refractivity contribution in [3.63, 3.8) is 0 Å². The molecule has 0 aromatic rings. The van der Waals surface area contributed by atoms with E-state index in [4.69, 9.17) is 4.74 Å². The first-order valence-corrected chi connectivity index (χ1v) is 12.2. The lowest BCUT2D eigenvalue weighted by Crippen LogP contribution is -2.41. The first kappa shape index (κ1) is 25.0. The Morgan fingerprint density at radius 1 is 0.778 bits per heavy atom. The molecule has 3 atom stereocenters. The summed E-state index contributed by atoms with van der Waals surface area (Å²) in [4.78, 5) is 0. The van der Waals surface area contributed by atoms with Crippen molar-refractivity contribution in [3.8, 4) is 0 Å². The number of hydrogen-bond donors (Lipinski definition) is 1. The highest BCUT2D eigenvalue weighted by atomic mass is 16.5. The maximum Gasteiger partial charge on any atom is 0.0568 e. The zero-order chi connectivity index (χ0) is 20.0. The lowest BCUT2D eigenvalue weighted by molar-refractivity contribution is -0.0293. The van der Waals surface area contributed by atoms with Crippen LogP contribution in [-0.4, -0.2) is 24.9 Å². The Morgan fingerprint density at radius 2 is 1.22 bits per heavy atom. The third-order valence-corrected chi connectivity index (χ3v) is 7.19. The predicted molar refractivity (Wildman–Crippen MR) is 118 cm³/mol. The van der Waals surface area contributed by atoms with Crippen LogP contribution in [0.2, 0.25) is 0 Å². The highest BCUT2D eigenvalue weighted by molar-refractivity contribution is 4.90. The van der Waals surface area contributed by atoms with Crippen molar-refractivity contribution in [3.05, 3.63) is 0 Å². The number of rotatable bonds is 16. The second-order valence-electron chi connectivity index (χ2n) is 9.94. The molecule has 1 saturated carbocycles. The van der Waals surface area contributed by atoms with Crippen molar-refractivity contribution in [2.24, 2.45) is 17.3 Å². The summed E-state index contributed by atoms with van der Waals surface area (Å²) in [5, 5.41) is 10.2. The molecular weight excluding hydrogens is 332 g/mol. The monoisotopic (exact) mass is 382 g/mol. The van der Waals surface area contributed by atoms with Crippen LogP contribution in [0.15, 0.2) is 0 Å². The number of unbranched alkanes of at least 4 members (excludes halogenated alkanes) is 12. The van der Waals surface area contributed by atoms with E-state index in [2.05, 4.69) is 20.8 Å². The summed E-state index contributed by atoms with van der Waals surface area (Å²) in [5.74, 6) is 1.18. The fraction of sp³-hybridized carbons (Fsp3) is 1.00. The summed E-state index contributed by atoms with van der Waals surface area (Å²) in [6.45, 7) is 8.04. The van der Waals surface area contributed by atoms with Gasteiger partial charge < -0.3 is 9.84 Å². The van der Waals surface area contributed by atoms with E-state index >= 15 is 0 Å². The molecule has 1 aliphatic carbocycles. The Labute approximate surface area is 170 Å². The second-order valence-corrected chi connectivity index (χ2v) is 9.94. The third kappa shape index (κ3) is 10.9. The summed E-state index contributed by atoms with van der Waals surface area (Å²) < 4.78 is 5.09. The zero-order valence-electron chi connectivity index (χ0n) is 19.1. The Kier molecular flexibility index (Phi) is 13.7. The number of ether oxygens (including phenoxy) is 1. The van der Waals surface area contributed by atoms with E-state index in [1.54, 1.807) is 7.11 Å². The lowest BCUT2D eigenvalue weighted by atomic mass is 9.61. The van der Waals surface area contributed by atoms with Crippen LogP contribution in [-0.2, 0) is 4.74 Å². The van der Waals surface area contributed by atoms with Crippen LogP contribution in [0.3, 0.4) is 0 Å². The predicted octanol–water partition coefficient (Wildman–Crippen LogP) is 7.53. The van der Waals surface area contributed by atoms with E-state index in [0.717, 1.165) is 13.0 Å². The van der Waals surface area contributed by atoms with E-state index in [-0.39, 0.29) is 6.10 Å². The minimum Gasteiger partial charge on any atom is -0.393 e. The standard InChI is InChI=1S/C25H50O2/c1-22-23(25(2,3)20-19-24(22)26)18-16-14-12-10-8-6-5-7-9-11-13-15-17-21-27-4/h22-24,26H,5-21H2,1-4H3. The largest absolute Gasteiger partial charge is 0.393 e. The molecule has 1 fully saturated rings. The summed E-state index contributed by atoms with van der Waals surface area (Å²) in [7, 11) is 1.79. The minimum atomic E-state index is -0.0617. The number of aliphatic hydroxyl groups excluding tert-OH is 1. The SMILES string of the molecule is COCCCCCCCCCCCCCCCC1C(C)C(O)CCC1(C)C. The second kappa shape index (κ2) is 14.9. The van der Waals surface area contributed by atoms with Gasteiger partial charge in [-0.1, -0.05) is 97.8 Å². The molecule has 0 amide bonds. The van der Waals surface area contributed by atoms with Crippen molar-refractivity contribution in [2.45, 2.75) is 130 Å². The molecule has 1 rings (SSSR count). The third-order valence-electron chi connectivity index (χ3n) is 7.19. The smallest absolute Gasteiger partial charge is 0.0568 e. The Balaban J connectivity index is 1.89. The van der Waals surface area contributed by atoms with Crippen molar-refractivity contribution in [2.75, 3.05) is 13.7 Å². The van der Waals surface area contributed by atoms with Crippen molar-refractivity contribution >= 4 is 0 Å². The van der Waals surface area contributed by atoms with Crippen LogP contribution in [0.5, 0.6) is 0 Å². The average molecular weight is 383 g/mol. The van der Waals surface area contributed by atoms with Crippen molar-refractivity contribution < 1.29 is 9.84 Å². The minimum absolute atomic E-state index is 0.0617.